The van der Waals surface area contributed by atoms with E-state index in [2.05, 4.69) is 6.92 Å². The quantitative estimate of drug-likeness (QED) is 0.716. The van der Waals surface area contributed by atoms with Crippen LogP contribution in [0.4, 0.5) is 0 Å². The van der Waals surface area contributed by atoms with E-state index >= 15 is 0 Å². The highest BCUT2D eigenvalue weighted by molar-refractivity contribution is 6.17. The van der Waals surface area contributed by atoms with E-state index in [9.17, 15) is 5.11 Å². The Kier molecular flexibility index (Phi) is 3.42. The minimum Gasteiger partial charge on any atom is -0.508 e. The summed E-state index contributed by atoms with van der Waals surface area (Å²) in [5.41, 5.74) is 2.06. The number of hydrogen-bond acceptors (Lipinski definition) is 1. The molecule has 0 aromatic heterocycles. The zero-order chi connectivity index (χ0) is 8.97. The van der Waals surface area contributed by atoms with Crippen LogP contribution >= 0.6 is 11.6 Å². The number of halogens is 1. The summed E-state index contributed by atoms with van der Waals surface area (Å²) in [6.45, 7) is 2.13. The first-order valence-corrected chi connectivity index (χ1v) is 4.68. The predicted molar refractivity (Wildman–Crippen MR) is 51.7 cm³/mol. The summed E-state index contributed by atoms with van der Waals surface area (Å²) in [5, 5.41) is 9.32. The monoisotopic (exact) mass is 184 g/mol. The second-order valence-electron chi connectivity index (χ2n) is 2.85. The Bertz CT molecular complexity index is 258. The van der Waals surface area contributed by atoms with Gasteiger partial charge in [-0.1, -0.05) is 25.5 Å². The van der Waals surface area contributed by atoms with Crippen LogP contribution in [0.2, 0.25) is 0 Å². The predicted octanol–water partition coefficient (Wildman–Crippen LogP) is 3.08. The maximum atomic E-state index is 9.32. The lowest BCUT2D eigenvalue weighted by Crippen LogP contribution is -1.86. The van der Waals surface area contributed by atoms with Crippen molar-refractivity contribution in [2.24, 2.45) is 0 Å². The van der Waals surface area contributed by atoms with Gasteiger partial charge in [0, 0.05) is 5.56 Å². The molecule has 1 aromatic carbocycles. The molecule has 0 fully saturated rings. The molecule has 1 nitrogen and oxygen atoms in total. The Labute approximate surface area is 78.0 Å². The molecule has 0 atom stereocenters. The average Bonchev–Trinajstić information content (AvgIpc) is 2.09. The van der Waals surface area contributed by atoms with Crippen LogP contribution in [0.25, 0.3) is 0 Å². The first-order valence-electron chi connectivity index (χ1n) is 4.14. The Morgan fingerprint density at radius 3 is 2.75 bits per heavy atom. The van der Waals surface area contributed by atoms with Crippen LogP contribution in [0.5, 0.6) is 5.75 Å². The third kappa shape index (κ3) is 2.15. The van der Waals surface area contributed by atoms with E-state index < -0.39 is 0 Å². The lowest BCUT2D eigenvalue weighted by atomic mass is 10.1. The number of hydrogen-bond donors (Lipinski definition) is 1. The Morgan fingerprint density at radius 2 is 2.17 bits per heavy atom. The standard InChI is InChI=1S/C10H13ClO/c1-2-3-8-4-5-10(12)9(6-8)7-11/h4-6,12H,2-3,7H2,1H3. The highest BCUT2D eigenvalue weighted by Crippen LogP contribution is 2.20. The van der Waals surface area contributed by atoms with Gasteiger partial charge in [-0.25, -0.2) is 0 Å². The molecule has 0 amide bonds. The van der Waals surface area contributed by atoms with Crippen LogP contribution in [0.1, 0.15) is 24.5 Å². The van der Waals surface area contributed by atoms with Crippen LogP contribution in [-0.4, -0.2) is 5.11 Å². The van der Waals surface area contributed by atoms with Gasteiger partial charge >= 0.3 is 0 Å². The minimum atomic E-state index is 0.296. The third-order valence-corrected chi connectivity index (χ3v) is 2.11. The van der Waals surface area contributed by atoms with E-state index in [0.717, 1.165) is 18.4 Å². The Hall–Kier alpha value is -0.690. The molecule has 12 heavy (non-hydrogen) atoms. The van der Waals surface area contributed by atoms with E-state index in [-0.39, 0.29) is 0 Å². The Morgan fingerprint density at radius 1 is 1.42 bits per heavy atom. The lowest BCUT2D eigenvalue weighted by Gasteiger charge is -2.03. The number of phenols is 1. The molecule has 0 spiro atoms. The average molecular weight is 185 g/mol. The maximum absolute atomic E-state index is 9.32. The van der Waals surface area contributed by atoms with E-state index in [1.165, 1.54) is 5.56 Å². The molecule has 0 aliphatic heterocycles. The topological polar surface area (TPSA) is 20.2 Å². The molecular weight excluding hydrogens is 172 g/mol. The van der Waals surface area contributed by atoms with Crippen molar-refractivity contribution in [3.8, 4) is 5.75 Å². The number of alkyl halides is 1. The fourth-order valence-corrected chi connectivity index (χ4v) is 1.40. The van der Waals surface area contributed by atoms with Crippen LogP contribution < -0.4 is 0 Å². The summed E-state index contributed by atoms with van der Waals surface area (Å²) in [4.78, 5) is 0. The summed E-state index contributed by atoms with van der Waals surface area (Å²) in [7, 11) is 0. The van der Waals surface area contributed by atoms with Crippen molar-refractivity contribution in [2.45, 2.75) is 25.6 Å². The molecule has 1 aromatic rings. The van der Waals surface area contributed by atoms with E-state index in [1.807, 2.05) is 12.1 Å². The molecule has 1 rings (SSSR count). The number of phenolic OH excluding ortho intramolecular Hbond substituents is 1. The third-order valence-electron chi connectivity index (χ3n) is 1.83. The Balaban J connectivity index is 2.89. The maximum Gasteiger partial charge on any atom is 0.119 e. The van der Waals surface area contributed by atoms with Gasteiger partial charge in [-0.15, -0.1) is 11.6 Å². The normalized spacial score (nSPS) is 10.2. The van der Waals surface area contributed by atoms with Crippen LogP contribution in [0.3, 0.4) is 0 Å². The molecule has 0 heterocycles. The number of benzene rings is 1. The summed E-state index contributed by atoms with van der Waals surface area (Å²) in [5.74, 6) is 0.675. The van der Waals surface area contributed by atoms with Gasteiger partial charge in [0.2, 0.25) is 0 Å². The molecule has 0 radical (unpaired) electrons. The largest absolute Gasteiger partial charge is 0.508 e. The highest BCUT2D eigenvalue weighted by atomic mass is 35.5. The zero-order valence-electron chi connectivity index (χ0n) is 7.18. The molecule has 0 unspecified atom stereocenters. The van der Waals surface area contributed by atoms with Gasteiger partial charge in [0.1, 0.15) is 5.75 Å². The first kappa shape index (κ1) is 9.40. The van der Waals surface area contributed by atoms with Gasteiger partial charge in [0.15, 0.2) is 0 Å². The molecule has 1 N–H and O–H groups in total. The van der Waals surface area contributed by atoms with E-state index in [4.69, 9.17) is 11.6 Å². The summed E-state index contributed by atoms with van der Waals surface area (Å²) in [6, 6.07) is 5.61. The lowest BCUT2D eigenvalue weighted by molar-refractivity contribution is 0.470. The van der Waals surface area contributed by atoms with Crippen molar-refractivity contribution in [2.75, 3.05) is 0 Å². The molecule has 0 aliphatic rings. The fourth-order valence-electron chi connectivity index (χ4n) is 1.19. The molecule has 0 saturated heterocycles. The second-order valence-corrected chi connectivity index (χ2v) is 3.11. The molecule has 0 aliphatic carbocycles. The summed E-state index contributed by atoms with van der Waals surface area (Å²) < 4.78 is 0. The number of aromatic hydroxyl groups is 1. The minimum absolute atomic E-state index is 0.296. The van der Waals surface area contributed by atoms with Gasteiger partial charge in [0.05, 0.1) is 5.88 Å². The van der Waals surface area contributed by atoms with Gasteiger partial charge in [0.25, 0.3) is 0 Å². The number of rotatable bonds is 3. The van der Waals surface area contributed by atoms with Gasteiger partial charge in [-0.3, -0.25) is 0 Å². The molecule has 0 bridgehead atoms. The van der Waals surface area contributed by atoms with Gasteiger partial charge in [-0.2, -0.15) is 0 Å². The van der Waals surface area contributed by atoms with Crippen molar-refractivity contribution < 1.29 is 5.11 Å². The second kappa shape index (κ2) is 4.36. The molecular formula is C10H13ClO. The molecule has 66 valence electrons. The van der Waals surface area contributed by atoms with Gasteiger partial charge in [-0.05, 0) is 18.1 Å². The zero-order valence-corrected chi connectivity index (χ0v) is 7.93. The van der Waals surface area contributed by atoms with E-state index in [0.29, 0.717) is 11.6 Å². The fraction of sp³-hybridized carbons (Fsp3) is 0.400. The SMILES string of the molecule is CCCc1ccc(O)c(CCl)c1. The van der Waals surface area contributed by atoms with E-state index in [1.54, 1.807) is 6.07 Å². The van der Waals surface area contributed by atoms with Crippen LogP contribution in [-0.2, 0) is 12.3 Å². The molecule has 2 heteroatoms. The number of aryl methyl sites for hydroxylation is 1. The van der Waals surface area contributed by atoms with Crippen molar-refractivity contribution in [3.63, 3.8) is 0 Å². The first-order chi connectivity index (χ1) is 5.77. The summed E-state index contributed by atoms with van der Waals surface area (Å²) >= 11 is 5.64. The van der Waals surface area contributed by atoms with Crippen LogP contribution in [0.15, 0.2) is 18.2 Å². The van der Waals surface area contributed by atoms with Crippen molar-refractivity contribution in [3.05, 3.63) is 29.3 Å². The van der Waals surface area contributed by atoms with Crippen LogP contribution in [0, 0.1) is 0 Å². The van der Waals surface area contributed by atoms with Crippen molar-refractivity contribution in [1.29, 1.82) is 0 Å². The highest BCUT2D eigenvalue weighted by Gasteiger charge is 2.00. The van der Waals surface area contributed by atoms with Crippen molar-refractivity contribution in [1.82, 2.24) is 0 Å². The van der Waals surface area contributed by atoms with Gasteiger partial charge < -0.3 is 5.11 Å². The summed E-state index contributed by atoms with van der Waals surface area (Å²) in [6.07, 6.45) is 2.16. The van der Waals surface area contributed by atoms with Crippen molar-refractivity contribution >= 4 is 11.6 Å². The molecule has 0 saturated carbocycles. The smallest absolute Gasteiger partial charge is 0.119 e.